The van der Waals surface area contributed by atoms with Crippen molar-refractivity contribution in [2.75, 3.05) is 5.73 Å². The number of nitrogens with one attached hydrogen (secondary N) is 1. The molecule has 1 aromatic carbocycles. The molecule has 1 aromatic heterocycles. The van der Waals surface area contributed by atoms with Crippen molar-refractivity contribution in [3.05, 3.63) is 34.4 Å². The monoisotopic (exact) mass is 285 g/mol. The summed E-state index contributed by atoms with van der Waals surface area (Å²) in [5.74, 6) is -0.667. The van der Waals surface area contributed by atoms with Gasteiger partial charge in [0.05, 0.1) is 10.7 Å². The molecule has 0 aliphatic heterocycles. The van der Waals surface area contributed by atoms with Crippen LogP contribution in [0.1, 0.15) is 19.4 Å². The highest BCUT2D eigenvalue weighted by Crippen LogP contribution is 2.32. The SMILES string of the molecule is CC(C)Cc1c(N)n[nH]c1-c1cc(F)c(Cl)cc1F. The third-order valence-corrected chi connectivity index (χ3v) is 3.08. The average molecular weight is 286 g/mol. The number of nitrogen functional groups attached to an aromatic ring is 1. The van der Waals surface area contributed by atoms with Gasteiger partial charge < -0.3 is 5.73 Å². The zero-order valence-corrected chi connectivity index (χ0v) is 11.4. The molecular formula is C13H14ClF2N3. The Balaban J connectivity index is 2.56. The Hall–Kier alpha value is -1.62. The highest BCUT2D eigenvalue weighted by Gasteiger charge is 2.18. The quantitative estimate of drug-likeness (QED) is 0.843. The fourth-order valence-electron chi connectivity index (χ4n) is 1.93. The molecule has 102 valence electrons. The average Bonchev–Trinajstić information content (AvgIpc) is 2.65. The molecule has 2 aromatic rings. The van der Waals surface area contributed by atoms with Crippen molar-refractivity contribution in [3.63, 3.8) is 0 Å². The fraction of sp³-hybridized carbons (Fsp3) is 0.308. The first-order valence-corrected chi connectivity index (χ1v) is 6.25. The third kappa shape index (κ3) is 2.71. The van der Waals surface area contributed by atoms with Crippen molar-refractivity contribution >= 4 is 17.4 Å². The molecule has 0 radical (unpaired) electrons. The first-order valence-electron chi connectivity index (χ1n) is 5.87. The smallest absolute Gasteiger partial charge is 0.149 e. The molecule has 0 fully saturated rings. The number of nitrogens with two attached hydrogens (primary N) is 1. The number of hydrogen-bond acceptors (Lipinski definition) is 2. The minimum Gasteiger partial charge on any atom is -0.382 e. The maximum absolute atomic E-state index is 13.9. The van der Waals surface area contributed by atoms with E-state index in [0.29, 0.717) is 29.4 Å². The second kappa shape index (κ2) is 5.17. The van der Waals surface area contributed by atoms with Crippen LogP contribution in [0.15, 0.2) is 12.1 Å². The van der Waals surface area contributed by atoms with E-state index in [4.69, 9.17) is 17.3 Å². The minimum absolute atomic E-state index is 0.0850. The lowest BCUT2D eigenvalue weighted by Crippen LogP contribution is -2.00. The summed E-state index contributed by atoms with van der Waals surface area (Å²) in [5.41, 5.74) is 6.94. The first-order chi connectivity index (χ1) is 8.90. The van der Waals surface area contributed by atoms with Gasteiger partial charge in [0.15, 0.2) is 0 Å². The zero-order chi connectivity index (χ0) is 14.2. The molecule has 0 aliphatic carbocycles. The second-order valence-corrected chi connectivity index (χ2v) is 5.21. The Kier molecular flexibility index (Phi) is 3.75. The number of aromatic nitrogens is 2. The van der Waals surface area contributed by atoms with Crippen molar-refractivity contribution in [2.24, 2.45) is 5.92 Å². The Labute approximate surface area is 114 Å². The number of H-pyrrole nitrogens is 1. The molecule has 0 saturated heterocycles. The molecule has 0 bridgehead atoms. The van der Waals surface area contributed by atoms with Crippen LogP contribution in [0.25, 0.3) is 11.3 Å². The van der Waals surface area contributed by atoms with Gasteiger partial charge in [-0.1, -0.05) is 25.4 Å². The maximum atomic E-state index is 13.9. The van der Waals surface area contributed by atoms with Crippen LogP contribution >= 0.6 is 11.6 Å². The Bertz CT molecular complexity index is 608. The van der Waals surface area contributed by atoms with E-state index in [0.717, 1.165) is 12.1 Å². The molecule has 0 unspecified atom stereocenters. The van der Waals surface area contributed by atoms with Crippen LogP contribution in [0.4, 0.5) is 14.6 Å². The van der Waals surface area contributed by atoms with Crippen LogP contribution in [0, 0.1) is 17.6 Å². The Morgan fingerprint density at radius 1 is 1.32 bits per heavy atom. The van der Waals surface area contributed by atoms with Gasteiger partial charge in [-0.25, -0.2) is 8.78 Å². The summed E-state index contributed by atoms with van der Waals surface area (Å²) in [6.07, 6.45) is 0.626. The van der Waals surface area contributed by atoms with E-state index in [2.05, 4.69) is 10.2 Å². The van der Waals surface area contributed by atoms with Crippen LogP contribution < -0.4 is 5.73 Å². The third-order valence-electron chi connectivity index (χ3n) is 2.79. The van der Waals surface area contributed by atoms with Crippen molar-refractivity contribution in [2.45, 2.75) is 20.3 Å². The number of anilines is 1. The van der Waals surface area contributed by atoms with Gasteiger partial charge in [0.2, 0.25) is 0 Å². The molecule has 0 saturated carbocycles. The molecule has 0 aliphatic rings. The van der Waals surface area contributed by atoms with Gasteiger partial charge in [-0.15, -0.1) is 0 Å². The molecule has 3 nitrogen and oxygen atoms in total. The van der Waals surface area contributed by atoms with Crippen molar-refractivity contribution in [1.29, 1.82) is 0 Å². The van der Waals surface area contributed by atoms with Crippen LogP contribution in [0.5, 0.6) is 0 Å². The van der Waals surface area contributed by atoms with Crippen LogP contribution in [-0.2, 0) is 6.42 Å². The second-order valence-electron chi connectivity index (χ2n) is 4.81. The molecule has 19 heavy (non-hydrogen) atoms. The fourth-order valence-corrected chi connectivity index (χ4v) is 2.08. The summed E-state index contributed by atoms with van der Waals surface area (Å²) in [4.78, 5) is 0. The van der Waals surface area contributed by atoms with Crippen LogP contribution in [-0.4, -0.2) is 10.2 Å². The number of hydrogen-bond donors (Lipinski definition) is 2. The number of rotatable bonds is 3. The number of nitrogens with zero attached hydrogens (tertiary/aromatic N) is 1. The summed E-state index contributed by atoms with van der Waals surface area (Å²) in [6, 6.07) is 2.00. The lowest BCUT2D eigenvalue weighted by Gasteiger charge is -2.08. The van der Waals surface area contributed by atoms with E-state index in [1.807, 2.05) is 13.8 Å². The lowest BCUT2D eigenvalue weighted by molar-refractivity contribution is 0.602. The molecule has 3 N–H and O–H groups in total. The van der Waals surface area contributed by atoms with Crippen LogP contribution in [0.3, 0.4) is 0 Å². The van der Waals surface area contributed by atoms with Crippen molar-refractivity contribution in [1.82, 2.24) is 10.2 Å². The summed E-state index contributed by atoms with van der Waals surface area (Å²) >= 11 is 5.54. The summed E-state index contributed by atoms with van der Waals surface area (Å²) in [6.45, 7) is 4.02. The van der Waals surface area contributed by atoms with E-state index in [1.54, 1.807) is 0 Å². The van der Waals surface area contributed by atoms with E-state index in [-0.39, 0.29) is 10.6 Å². The van der Waals surface area contributed by atoms with E-state index < -0.39 is 11.6 Å². The van der Waals surface area contributed by atoms with Gasteiger partial charge in [-0.2, -0.15) is 5.10 Å². The zero-order valence-electron chi connectivity index (χ0n) is 10.6. The van der Waals surface area contributed by atoms with Crippen molar-refractivity contribution < 1.29 is 8.78 Å². The minimum atomic E-state index is -0.679. The van der Waals surface area contributed by atoms with Gasteiger partial charge >= 0.3 is 0 Å². The Morgan fingerprint density at radius 3 is 2.63 bits per heavy atom. The van der Waals surface area contributed by atoms with E-state index in [1.165, 1.54) is 0 Å². The topological polar surface area (TPSA) is 54.7 Å². The maximum Gasteiger partial charge on any atom is 0.149 e. The molecule has 0 spiro atoms. The first kappa shape index (κ1) is 13.8. The molecule has 0 atom stereocenters. The molecular weight excluding hydrogens is 272 g/mol. The van der Waals surface area contributed by atoms with E-state index in [9.17, 15) is 8.78 Å². The van der Waals surface area contributed by atoms with E-state index >= 15 is 0 Å². The predicted octanol–water partition coefficient (Wildman–Crippen LogP) is 3.79. The molecule has 1 heterocycles. The summed E-state index contributed by atoms with van der Waals surface area (Å²) in [5, 5.41) is 6.28. The predicted molar refractivity (Wildman–Crippen MR) is 71.9 cm³/mol. The highest BCUT2D eigenvalue weighted by molar-refractivity contribution is 6.30. The molecule has 0 amide bonds. The van der Waals surface area contributed by atoms with Crippen LogP contribution in [0.2, 0.25) is 5.02 Å². The van der Waals surface area contributed by atoms with Crippen molar-refractivity contribution in [3.8, 4) is 11.3 Å². The number of halogens is 3. The summed E-state index contributed by atoms with van der Waals surface area (Å²) in [7, 11) is 0. The number of benzene rings is 1. The molecule has 6 heteroatoms. The summed E-state index contributed by atoms with van der Waals surface area (Å²) < 4.78 is 27.4. The van der Waals surface area contributed by atoms with Gasteiger partial charge in [0.25, 0.3) is 0 Å². The lowest BCUT2D eigenvalue weighted by atomic mass is 9.99. The molecule has 2 rings (SSSR count). The van der Waals surface area contributed by atoms with Gasteiger partial charge in [-0.3, -0.25) is 5.10 Å². The standard InChI is InChI=1S/C13H14ClF2N3/c1-6(2)3-8-12(18-19-13(8)17)7-4-11(16)9(14)5-10(7)15/h4-6H,3H2,1-2H3,(H3,17,18,19). The van der Waals surface area contributed by atoms with Gasteiger partial charge in [-0.05, 0) is 24.5 Å². The number of aromatic amines is 1. The Morgan fingerprint density at radius 2 is 2.00 bits per heavy atom. The normalized spacial score (nSPS) is 11.3. The van der Waals surface area contributed by atoms with Gasteiger partial charge in [0.1, 0.15) is 17.5 Å². The van der Waals surface area contributed by atoms with Gasteiger partial charge in [0, 0.05) is 11.1 Å². The largest absolute Gasteiger partial charge is 0.382 e. The highest BCUT2D eigenvalue weighted by atomic mass is 35.5.